The lowest BCUT2D eigenvalue weighted by Gasteiger charge is -2.23. The molecule has 1 unspecified atom stereocenters. The number of aryl methyl sites for hydroxylation is 2. The van der Waals surface area contributed by atoms with Crippen LogP contribution in [0.2, 0.25) is 0 Å². The van der Waals surface area contributed by atoms with E-state index in [-0.39, 0.29) is 17.8 Å². The number of rotatable bonds is 4. The van der Waals surface area contributed by atoms with Gasteiger partial charge in [-0.2, -0.15) is 0 Å². The van der Waals surface area contributed by atoms with E-state index in [2.05, 4.69) is 11.9 Å². The van der Waals surface area contributed by atoms with Crippen molar-refractivity contribution in [1.82, 2.24) is 9.88 Å². The van der Waals surface area contributed by atoms with Crippen molar-refractivity contribution in [3.05, 3.63) is 15.6 Å². The van der Waals surface area contributed by atoms with Crippen LogP contribution in [0.25, 0.3) is 0 Å². The van der Waals surface area contributed by atoms with Gasteiger partial charge in [-0.05, 0) is 20.3 Å². The number of carbonyl (C=O) groups excluding carboxylic acids is 1. The molecule has 1 aromatic rings. The van der Waals surface area contributed by atoms with Gasteiger partial charge in [0.25, 0.3) is 0 Å². The fourth-order valence-electron chi connectivity index (χ4n) is 1.49. The fraction of sp³-hybridized carbons (Fsp3) is 0.636. The highest BCUT2D eigenvalue weighted by Gasteiger charge is 2.20. The second kappa shape index (κ2) is 5.64. The molecule has 0 aliphatic rings. The molecule has 0 fully saturated rings. The van der Waals surface area contributed by atoms with Crippen LogP contribution in [-0.4, -0.2) is 28.7 Å². The standard InChI is InChI=1S/C11H17ClN2OS/c1-5-9-13-7(2)11(16-9)8(3)14(4)10(15)6-12/h8H,5-6H2,1-4H3. The SMILES string of the molecule is CCc1nc(C)c(C(C)N(C)C(=O)CCl)s1. The van der Waals surface area contributed by atoms with Gasteiger partial charge in [0.2, 0.25) is 5.91 Å². The summed E-state index contributed by atoms with van der Waals surface area (Å²) in [4.78, 5) is 18.8. The topological polar surface area (TPSA) is 33.2 Å². The summed E-state index contributed by atoms with van der Waals surface area (Å²) in [5, 5.41) is 1.12. The first-order valence-electron chi connectivity index (χ1n) is 5.29. The summed E-state index contributed by atoms with van der Waals surface area (Å²) in [5.74, 6) is -0.0284. The zero-order chi connectivity index (χ0) is 12.3. The number of halogens is 1. The summed E-state index contributed by atoms with van der Waals surface area (Å²) < 4.78 is 0. The number of nitrogens with zero attached hydrogens (tertiary/aromatic N) is 2. The maximum atomic E-state index is 11.5. The van der Waals surface area contributed by atoms with Gasteiger partial charge in [0.05, 0.1) is 16.7 Å². The minimum Gasteiger partial charge on any atom is -0.337 e. The third-order valence-corrected chi connectivity index (χ3v) is 4.35. The van der Waals surface area contributed by atoms with Gasteiger partial charge in [-0.25, -0.2) is 4.98 Å². The van der Waals surface area contributed by atoms with Gasteiger partial charge in [0.1, 0.15) is 5.88 Å². The average Bonchev–Trinajstić information content (AvgIpc) is 2.67. The summed E-state index contributed by atoms with van der Waals surface area (Å²) >= 11 is 7.22. The second-order valence-corrected chi connectivity index (χ2v) is 5.11. The lowest BCUT2D eigenvalue weighted by atomic mass is 10.2. The molecule has 3 nitrogen and oxygen atoms in total. The highest BCUT2D eigenvalue weighted by atomic mass is 35.5. The molecule has 1 aromatic heterocycles. The lowest BCUT2D eigenvalue weighted by Crippen LogP contribution is -2.30. The van der Waals surface area contributed by atoms with Gasteiger partial charge in [-0.3, -0.25) is 4.79 Å². The van der Waals surface area contributed by atoms with E-state index in [9.17, 15) is 4.79 Å². The van der Waals surface area contributed by atoms with Gasteiger partial charge in [0, 0.05) is 11.9 Å². The normalized spacial score (nSPS) is 12.6. The number of alkyl halides is 1. The van der Waals surface area contributed by atoms with Crippen LogP contribution in [-0.2, 0) is 11.2 Å². The summed E-state index contributed by atoms with van der Waals surface area (Å²) in [6.07, 6.45) is 0.936. The number of amides is 1. The number of hydrogen-bond acceptors (Lipinski definition) is 3. The van der Waals surface area contributed by atoms with Crippen LogP contribution in [0.4, 0.5) is 0 Å². The Morgan fingerprint density at radius 1 is 1.62 bits per heavy atom. The van der Waals surface area contributed by atoms with Crippen LogP contribution >= 0.6 is 22.9 Å². The highest BCUT2D eigenvalue weighted by Crippen LogP contribution is 2.28. The van der Waals surface area contributed by atoms with E-state index >= 15 is 0 Å². The van der Waals surface area contributed by atoms with Crippen molar-refractivity contribution in [3.63, 3.8) is 0 Å². The predicted octanol–water partition coefficient (Wildman–Crippen LogP) is 2.77. The quantitative estimate of drug-likeness (QED) is 0.780. The van der Waals surface area contributed by atoms with Crippen molar-refractivity contribution >= 4 is 28.8 Å². The third-order valence-electron chi connectivity index (χ3n) is 2.65. The molecule has 1 rings (SSSR count). The van der Waals surface area contributed by atoms with Gasteiger partial charge >= 0.3 is 0 Å². The Labute approximate surface area is 105 Å². The number of aromatic nitrogens is 1. The zero-order valence-electron chi connectivity index (χ0n) is 10.1. The van der Waals surface area contributed by atoms with Gasteiger partial charge < -0.3 is 4.90 Å². The minimum absolute atomic E-state index is 0.0271. The first-order valence-corrected chi connectivity index (χ1v) is 6.64. The van der Waals surface area contributed by atoms with Crippen molar-refractivity contribution in [3.8, 4) is 0 Å². The van der Waals surface area contributed by atoms with Crippen LogP contribution in [0.3, 0.4) is 0 Å². The molecule has 0 aliphatic carbocycles. The Hall–Kier alpha value is -0.610. The van der Waals surface area contributed by atoms with E-state index < -0.39 is 0 Å². The summed E-state index contributed by atoms with van der Waals surface area (Å²) in [5.41, 5.74) is 1.02. The van der Waals surface area contributed by atoms with Gasteiger partial charge in [-0.1, -0.05) is 6.92 Å². The first-order chi connectivity index (χ1) is 7.51. The molecule has 0 aromatic carbocycles. The molecule has 90 valence electrons. The molecule has 0 saturated heterocycles. The van der Waals surface area contributed by atoms with Crippen molar-refractivity contribution < 1.29 is 4.79 Å². The molecule has 0 radical (unpaired) electrons. The maximum absolute atomic E-state index is 11.5. The van der Waals surface area contributed by atoms with Crippen LogP contribution in [0.1, 0.15) is 35.5 Å². The van der Waals surface area contributed by atoms with Crippen LogP contribution in [0, 0.1) is 6.92 Å². The Morgan fingerprint density at radius 2 is 2.25 bits per heavy atom. The Morgan fingerprint density at radius 3 is 2.69 bits per heavy atom. The van der Waals surface area contributed by atoms with E-state index in [1.165, 1.54) is 0 Å². The number of carbonyl (C=O) groups is 1. The van der Waals surface area contributed by atoms with E-state index in [1.807, 2.05) is 13.8 Å². The Kier molecular flexibility index (Phi) is 4.74. The van der Waals surface area contributed by atoms with Gasteiger partial charge in [0.15, 0.2) is 0 Å². The summed E-state index contributed by atoms with van der Waals surface area (Å²) in [6.45, 7) is 6.07. The molecule has 1 amide bonds. The molecule has 0 aliphatic heterocycles. The number of thiazole rings is 1. The average molecular weight is 261 g/mol. The molecule has 0 saturated carbocycles. The smallest absolute Gasteiger partial charge is 0.237 e. The van der Waals surface area contributed by atoms with Crippen molar-refractivity contribution in [2.45, 2.75) is 33.2 Å². The largest absolute Gasteiger partial charge is 0.337 e. The van der Waals surface area contributed by atoms with Crippen LogP contribution < -0.4 is 0 Å². The molecule has 1 atom stereocenters. The van der Waals surface area contributed by atoms with Crippen LogP contribution in [0.5, 0.6) is 0 Å². The Balaban J connectivity index is 2.90. The van der Waals surface area contributed by atoms with Crippen molar-refractivity contribution in [2.75, 3.05) is 12.9 Å². The molecule has 5 heteroatoms. The first kappa shape index (κ1) is 13.5. The predicted molar refractivity (Wildman–Crippen MR) is 68.1 cm³/mol. The number of hydrogen-bond donors (Lipinski definition) is 0. The molecule has 0 N–H and O–H groups in total. The van der Waals surface area contributed by atoms with E-state index in [0.717, 1.165) is 22.0 Å². The lowest BCUT2D eigenvalue weighted by molar-refractivity contribution is -0.129. The minimum atomic E-state index is -0.0555. The molecular formula is C11H17ClN2OS. The highest BCUT2D eigenvalue weighted by molar-refractivity contribution is 7.11. The van der Waals surface area contributed by atoms with E-state index in [1.54, 1.807) is 23.3 Å². The monoisotopic (exact) mass is 260 g/mol. The molecule has 0 bridgehead atoms. The molecule has 16 heavy (non-hydrogen) atoms. The zero-order valence-corrected chi connectivity index (χ0v) is 11.7. The van der Waals surface area contributed by atoms with Crippen LogP contribution in [0.15, 0.2) is 0 Å². The Bertz CT molecular complexity index is 378. The third kappa shape index (κ3) is 2.74. The van der Waals surface area contributed by atoms with Crippen molar-refractivity contribution in [1.29, 1.82) is 0 Å². The summed E-state index contributed by atoms with van der Waals surface area (Å²) in [6, 6.07) is 0.0454. The van der Waals surface area contributed by atoms with E-state index in [0.29, 0.717) is 0 Å². The summed E-state index contributed by atoms with van der Waals surface area (Å²) in [7, 11) is 1.78. The molecule has 1 heterocycles. The molecular weight excluding hydrogens is 244 g/mol. The second-order valence-electron chi connectivity index (χ2n) is 3.73. The maximum Gasteiger partial charge on any atom is 0.237 e. The van der Waals surface area contributed by atoms with Gasteiger partial charge in [-0.15, -0.1) is 22.9 Å². The fourth-order valence-corrected chi connectivity index (χ4v) is 2.78. The molecule has 0 spiro atoms. The van der Waals surface area contributed by atoms with E-state index in [4.69, 9.17) is 11.6 Å². The van der Waals surface area contributed by atoms with Crippen molar-refractivity contribution in [2.24, 2.45) is 0 Å².